The lowest BCUT2D eigenvalue weighted by Gasteiger charge is -2.38. The molecule has 2 saturated heterocycles. The zero-order valence-electron chi connectivity index (χ0n) is 16.0. The van der Waals surface area contributed by atoms with Crippen LogP contribution in [0.1, 0.15) is 51.9 Å². The smallest absolute Gasteiger partial charge is 0.251 e. The van der Waals surface area contributed by atoms with Crippen molar-refractivity contribution in [2.24, 2.45) is 0 Å². The first-order valence-electron chi connectivity index (χ1n) is 10.2. The molecule has 3 rings (SSSR count). The Bertz CT molecular complexity index is 520. The van der Waals surface area contributed by atoms with Crippen molar-refractivity contribution in [3.8, 4) is 0 Å². The summed E-state index contributed by atoms with van der Waals surface area (Å²) >= 11 is 0. The minimum atomic E-state index is -0.239. The van der Waals surface area contributed by atoms with Crippen LogP contribution in [0.2, 0.25) is 0 Å². The Kier molecular flexibility index (Phi) is 7.08. The zero-order chi connectivity index (χ0) is 18.4. The largest absolute Gasteiger partial charge is 0.368 e. The van der Waals surface area contributed by atoms with Gasteiger partial charge in [-0.25, -0.2) is 0 Å². The highest BCUT2D eigenvalue weighted by Crippen LogP contribution is 2.19. The van der Waals surface area contributed by atoms with Crippen molar-refractivity contribution in [1.29, 1.82) is 0 Å². The third-order valence-electron chi connectivity index (χ3n) is 5.89. The standard InChI is InChI=1S/C20H33N3O3/c1-16(19(24)21-10-9-17-6-3-2-4-7-17)22-11-13-23(14-12-22)20(25)18-8-5-15-26-18/h6,16,18H,2-5,7-15H2,1H3,(H,21,24). The quantitative estimate of drug-likeness (QED) is 0.730. The Morgan fingerprint density at radius 2 is 2.04 bits per heavy atom. The number of ether oxygens (including phenoxy) is 1. The van der Waals surface area contributed by atoms with Crippen LogP contribution in [0.4, 0.5) is 0 Å². The highest BCUT2D eigenvalue weighted by Gasteiger charge is 2.32. The van der Waals surface area contributed by atoms with Crippen LogP contribution in [0.5, 0.6) is 0 Å². The molecular formula is C20H33N3O3. The molecule has 6 heteroatoms. The molecule has 0 saturated carbocycles. The third kappa shape index (κ3) is 5.07. The predicted molar refractivity (Wildman–Crippen MR) is 101 cm³/mol. The number of rotatable bonds is 6. The number of carbonyl (C=O) groups is 2. The van der Waals surface area contributed by atoms with Gasteiger partial charge in [0.1, 0.15) is 6.10 Å². The molecule has 26 heavy (non-hydrogen) atoms. The van der Waals surface area contributed by atoms with E-state index in [4.69, 9.17) is 4.74 Å². The monoisotopic (exact) mass is 363 g/mol. The Labute approximate surface area is 156 Å². The lowest BCUT2D eigenvalue weighted by molar-refractivity contribution is -0.143. The van der Waals surface area contributed by atoms with E-state index < -0.39 is 0 Å². The number of nitrogens with zero attached hydrogens (tertiary/aromatic N) is 2. The average molecular weight is 364 g/mol. The summed E-state index contributed by atoms with van der Waals surface area (Å²) in [6, 6.07) is -0.143. The summed E-state index contributed by atoms with van der Waals surface area (Å²) in [4.78, 5) is 28.9. The summed E-state index contributed by atoms with van der Waals surface area (Å²) in [5.41, 5.74) is 1.49. The van der Waals surface area contributed by atoms with Crippen LogP contribution < -0.4 is 5.32 Å². The Hall–Kier alpha value is -1.40. The molecule has 0 aromatic heterocycles. The van der Waals surface area contributed by atoms with E-state index in [-0.39, 0.29) is 24.0 Å². The maximum atomic E-state index is 12.4. The van der Waals surface area contributed by atoms with Crippen LogP contribution in [-0.2, 0) is 14.3 Å². The lowest BCUT2D eigenvalue weighted by Crippen LogP contribution is -2.56. The SMILES string of the molecule is CC(C(=O)NCCC1=CCCCC1)N1CCN(C(=O)C2CCCO2)CC1. The summed E-state index contributed by atoms with van der Waals surface area (Å²) < 4.78 is 5.50. The molecule has 2 aliphatic heterocycles. The van der Waals surface area contributed by atoms with E-state index in [9.17, 15) is 9.59 Å². The van der Waals surface area contributed by atoms with Gasteiger partial charge in [0.15, 0.2) is 0 Å². The molecule has 1 aliphatic carbocycles. The van der Waals surface area contributed by atoms with Crippen LogP contribution in [0.3, 0.4) is 0 Å². The lowest BCUT2D eigenvalue weighted by atomic mass is 9.97. The van der Waals surface area contributed by atoms with E-state index in [1.54, 1.807) is 0 Å². The van der Waals surface area contributed by atoms with Crippen molar-refractivity contribution < 1.29 is 14.3 Å². The normalized spacial score (nSPS) is 25.7. The van der Waals surface area contributed by atoms with E-state index in [1.807, 2.05) is 11.8 Å². The van der Waals surface area contributed by atoms with Gasteiger partial charge in [-0.15, -0.1) is 0 Å². The molecule has 3 aliphatic rings. The van der Waals surface area contributed by atoms with Gasteiger partial charge in [0.25, 0.3) is 5.91 Å². The molecule has 0 aromatic carbocycles. The van der Waals surface area contributed by atoms with Gasteiger partial charge in [-0.3, -0.25) is 14.5 Å². The number of hydrogen-bond acceptors (Lipinski definition) is 4. The van der Waals surface area contributed by atoms with Gasteiger partial charge in [0.2, 0.25) is 5.91 Å². The van der Waals surface area contributed by atoms with E-state index in [0.29, 0.717) is 19.7 Å². The number of nitrogens with one attached hydrogen (secondary N) is 1. The van der Waals surface area contributed by atoms with Gasteiger partial charge in [-0.05, 0) is 51.9 Å². The number of allylic oxidation sites excluding steroid dienone is 1. The molecule has 0 aromatic rings. The van der Waals surface area contributed by atoms with Crippen LogP contribution in [0.15, 0.2) is 11.6 Å². The number of carbonyl (C=O) groups excluding carboxylic acids is 2. The maximum Gasteiger partial charge on any atom is 0.251 e. The molecule has 2 fully saturated rings. The van der Waals surface area contributed by atoms with Crippen molar-refractivity contribution in [3.05, 3.63) is 11.6 Å². The fourth-order valence-electron chi connectivity index (χ4n) is 4.10. The minimum Gasteiger partial charge on any atom is -0.368 e. The summed E-state index contributed by atoms with van der Waals surface area (Å²) in [6.45, 7) is 6.26. The zero-order valence-corrected chi connectivity index (χ0v) is 16.0. The second-order valence-electron chi connectivity index (χ2n) is 7.69. The molecule has 0 spiro atoms. The van der Waals surface area contributed by atoms with E-state index in [2.05, 4.69) is 16.3 Å². The van der Waals surface area contributed by atoms with Crippen LogP contribution in [0, 0.1) is 0 Å². The van der Waals surface area contributed by atoms with Crippen molar-refractivity contribution in [2.75, 3.05) is 39.3 Å². The third-order valence-corrected chi connectivity index (χ3v) is 5.89. The molecule has 0 bridgehead atoms. The summed E-state index contributed by atoms with van der Waals surface area (Å²) in [5, 5.41) is 3.08. The van der Waals surface area contributed by atoms with Crippen LogP contribution in [-0.4, -0.2) is 73.1 Å². The molecular weight excluding hydrogens is 330 g/mol. The number of piperazine rings is 1. The Balaban J connectivity index is 1.37. The van der Waals surface area contributed by atoms with Crippen molar-refractivity contribution in [2.45, 2.75) is 64.0 Å². The second kappa shape index (κ2) is 9.51. The highest BCUT2D eigenvalue weighted by molar-refractivity contribution is 5.82. The maximum absolute atomic E-state index is 12.4. The summed E-state index contributed by atoms with van der Waals surface area (Å²) in [7, 11) is 0. The van der Waals surface area contributed by atoms with E-state index in [1.165, 1.54) is 31.3 Å². The first-order valence-corrected chi connectivity index (χ1v) is 10.2. The number of amides is 2. The van der Waals surface area contributed by atoms with Gasteiger partial charge in [-0.2, -0.15) is 0 Å². The average Bonchev–Trinajstić information content (AvgIpc) is 3.22. The minimum absolute atomic E-state index is 0.0975. The second-order valence-corrected chi connectivity index (χ2v) is 7.69. The molecule has 6 nitrogen and oxygen atoms in total. The van der Waals surface area contributed by atoms with E-state index >= 15 is 0 Å². The first-order chi connectivity index (χ1) is 12.6. The molecule has 2 amide bonds. The fourth-order valence-corrected chi connectivity index (χ4v) is 4.10. The van der Waals surface area contributed by atoms with Crippen LogP contribution in [0.25, 0.3) is 0 Å². The molecule has 0 radical (unpaired) electrons. The van der Waals surface area contributed by atoms with Crippen molar-refractivity contribution >= 4 is 11.8 Å². The van der Waals surface area contributed by atoms with Gasteiger partial charge in [0, 0.05) is 39.3 Å². The molecule has 146 valence electrons. The molecule has 2 atom stereocenters. The Morgan fingerprint density at radius 3 is 2.69 bits per heavy atom. The topological polar surface area (TPSA) is 61.9 Å². The Morgan fingerprint density at radius 1 is 1.23 bits per heavy atom. The van der Waals surface area contributed by atoms with Crippen LogP contribution >= 0.6 is 0 Å². The highest BCUT2D eigenvalue weighted by atomic mass is 16.5. The number of hydrogen-bond donors (Lipinski definition) is 1. The van der Waals surface area contributed by atoms with Gasteiger partial charge in [0.05, 0.1) is 6.04 Å². The van der Waals surface area contributed by atoms with Gasteiger partial charge >= 0.3 is 0 Å². The fraction of sp³-hybridized carbons (Fsp3) is 0.800. The predicted octanol–water partition coefficient (Wildman–Crippen LogP) is 1.70. The van der Waals surface area contributed by atoms with Crippen molar-refractivity contribution in [3.63, 3.8) is 0 Å². The summed E-state index contributed by atoms with van der Waals surface area (Å²) in [6.07, 6.45) is 9.85. The van der Waals surface area contributed by atoms with E-state index in [0.717, 1.165) is 38.9 Å². The molecule has 2 unspecified atom stereocenters. The molecule has 1 N–H and O–H groups in total. The summed E-state index contributed by atoms with van der Waals surface area (Å²) in [5.74, 6) is 0.223. The van der Waals surface area contributed by atoms with Gasteiger partial charge in [-0.1, -0.05) is 11.6 Å². The van der Waals surface area contributed by atoms with Gasteiger partial charge < -0.3 is 15.0 Å². The molecule has 2 heterocycles. The first kappa shape index (κ1) is 19.4. The van der Waals surface area contributed by atoms with Crippen molar-refractivity contribution in [1.82, 2.24) is 15.1 Å².